The Kier molecular flexibility index (Phi) is 8.73. The highest BCUT2D eigenvalue weighted by Gasteiger charge is 2.38. The molecule has 0 spiro atoms. The van der Waals surface area contributed by atoms with E-state index in [2.05, 4.69) is 50.4 Å². The van der Waals surface area contributed by atoms with Crippen LogP contribution in [0.1, 0.15) is 83.8 Å². The number of allylic oxidation sites excluding steroid dienone is 1. The molecule has 7 nitrogen and oxygen atoms in total. The number of nitrogens with one attached hydrogen (secondary N) is 1. The molecule has 2 aliphatic heterocycles. The van der Waals surface area contributed by atoms with Gasteiger partial charge < -0.3 is 19.9 Å². The fourth-order valence-corrected chi connectivity index (χ4v) is 5.64. The van der Waals surface area contributed by atoms with Crippen LogP contribution in [0, 0.1) is 5.92 Å². The average molecular weight is 510 g/mol. The van der Waals surface area contributed by atoms with Gasteiger partial charge in [-0.05, 0) is 42.7 Å². The summed E-state index contributed by atoms with van der Waals surface area (Å²) in [5.74, 6) is -0.743. The van der Waals surface area contributed by atoms with Crippen LogP contribution in [0.2, 0.25) is 0 Å². The van der Waals surface area contributed by atoms with Gasteiger partial charge in [-0.2, -0.15) is 0 Å². The number of morpholine rings is 1. The third-order valence-electron chi connectivity index (χ3n) is 8.03. The Morgan fingerprint density at radius 1 is 1.03 bits per heavy atom. The topological polar surface area (TPSA) is 79.0 Å². The molecule has 37 heavy (non-hydrogen) atoms. The van der Waals surface area contributed by atoms with Gasteiger partial charge in [0.15, 0.2) is 0 Å². The highest BCUT2D eigenvalue weighted by molar-refractivity contribution is 5.98. The van der Waals surface area contributed by atoms with Crippen LogP contribution in [0.15, 0.2) is 35.5 Å². The van der Waals surface area contributed by atoms with E-state index in [-0.39, 0.29) is 35.6 Å². The van der Waals surface area contributed by atoms with Gasteiger partial charge in [0.25, 0.3) is 5.91 Å². The van der Waals surface area contributed by atoms with Gasteiger partial charge in [0, 0.05) is 36.8 Å². The van der Waals surface area contributed by atoms with Crippen molar-refractivity contribution in [1.82, 2.24) is 15.1 Å². The zero-order chi connectivity index (χ0) is 26.6. The lowest BCUT2D eigenvalue weighted by Crippen LogP contribution is -2.47. The van der Waals surface area contributed by atoms with Gasteiger partial charge in [0.05, 0.1) is 25.7 Å². The Bertz CT molecular complexity index is 1010. The minimum atomic E-state index is -0.541. The first-order valence-electron chi connectivity index (χ1n) is 13.9. The minimum absolute atomic E-state index is 0.0425. The Balaban J connectivity index is 1.55. The van der Waals surface area contributed by atoms with E-state index in [0.29, 0.717) is 50.5 Å². The third kappa shape index (κ3) is 6.81. The molecule has 202 valence electrons. The molecule has 1 aliphatic carbocycles. The van der Waals surface area contributed by atoms with Crippen LogP contribution in [0.5, 0.6) is 0 Å². The molecule has 3 aliphatic rings. The van der Waals surface area contributed by atoms with Crippen molar-refractivity contribution < 1.29 is 19.1 Å². The Morgan fingerprint density at radius 2 is 1.68 bits per heavy atom. The summed E-state index contributed by atoms with van der Waals surface area (Å²) in [6.07, 6.45) is 5.91. The number of hydrogen-bond acceptors (Lipinski definition) is 4. The van der Waals surface area contributed by atoms with E-state index >= 15 is 0 Å². The normalized spacial score (nSPS) is 21.8. The van der Waals surface area contributed by atoms with Gasteiger partial charge in [-0.25, -0.2) is 0 Å². The van der Waals surface area contributed by atoms with Gasteiger partial charge in [-0.3, -0.25) is 14.4 Å². The zero-order valence-corrected chi connectivity index (χ0v) is 23.0. The van der Waals surface area contributed by atoms with Crippen LogP contribution in [0.25, 0.3) is 0 Å². The summed E-state index contributed by atoms with van der Waals surface area (Å²) in [6.45, 7) is 10.9. The van der Waals surface area contributed by atoms with Crippen LogP contribution < -0.4 is 5.32 Å². The minimum Gasteiger partial charge on any atom is -0.378 e. The monoisotopic (exact) mass is 509 g/mol. The molecule has 7 heteroatoms. The van der Waals surface area contributed by atoms with Crippen LogP contribution in [0.4, 0.5) is 0 Å². The fraction of sp³-hybridized carbons (Fsp3) is 0.633. The van der Waals surface area contributed by atoms with Crippen molar-refractivity contribution in [1.29, 1.82) is 0 Å². The number of carbonyl (C=O) groups excluding carboxylic acids is 3. The number of rotatable bonds is 6. The lowest BCUT2D eigenvalue weighted by Gasteiger charge is -2.37. The van der Waals surface area contributed by atoms with Crippen LogP contribution >= 0.6 is 0 Å². The lowest BCUT2D eigenvalue weighted by molar-refractivity contribution is -0.140. The molecule has 0 radical (unpaired) electrons. The van der Waals surface area contributed by atoms with Crippen molar-refractivity contribution in [2.75, 3.05) is 26.3 Å². The molecule has 1 aromatic rings. The molecule has 1 saturated heterocycles. The van der Waals surface area contributed by atoms with E-state index in [1.54, 1.807) is 4.90 Å². The number of benzene rings is 1. The SMILES string of the molecule is CC1=C(C(=O)N2CCOCC2)CC(CC(=O)NC2CCCCC2)C(=O)N1Cc1ccc(C(C)(C)C)cc1. The summed E-state index contributed by atoms with van der Waals surface area (Å²) in [6, 6.07) is 8.53. The molecule has 1 N–H and O–H groups in total. The Hall–Kier alpha value is -2.67. The summed E-state index contributed by atoms with van der Waals surface area (Å²) >= 11 is 0. The zero-order valence-electron chi connectivity index (χ0n) is 23.0. The summed E-state index contributed by atoms with van der Waals surface area (Å²) in [7, 11) is 0. The van der Waals surface area contributed by atoms with Crippen molar-refractivity contribution in [3.63, 3.8) is 0 Å². The van der Waals surface area contributed by atoms with Crippen molar-refractivity contribution >= 4 is 17.7 Å². The van der Waals surface area contributed by atoms with Crippen LogP contribution in [-0.2, 0) is 31.1 Å². The molecule has 3 amide bonds. The van der Waals surface area contributed by atoms with Crippen molar-refractivity contribution in [3.8, 4) is 0 Å². The second-order valence-electron chi connectivity index (χ2n) is 11.8. The summed E-state index contributed by atoms with van der Waals surface area (Å²) in [4.78, 5) is 43.8. The van der Waals surface area contributed by atoms with Gasteiger partial charge in [-0.15, -0.1) is 0 Å². The van der Waals surface area contributed by atoms with Gasteiger partial charge in [0.1, 0.15) is 0 Å². The van der Waals surface area contributed by atoms with Crippen molar-refractivity contribution in [2.45, 2.75) is 90.6 Å². The highest BCUT2D eigenvalue weighted by atomic mass is 16.5. The maximum absolute atomic E-state index is 13.7. The second kappa shape index (κ2) is 11.8. The van der Waals surface area contributed by atoms with E-state index in [9.17, 15) is 14.4 Å². The number of ether oxygens (including phenoxy) is 1. The molecule has 0 bridgehead atoms. The quantitative estimate of drug-likeness (QED) is 0.620. The van der Waals surface area contributed by atoms with Gasteiger partial charge in [-0.1, -0.05) is 64.3 Å². The smallest absolute Gasteiger partial charge is 0.251 e. The maximum Gasteiger partial charge on any atom is 0.251 e. The molecular formula is C30H43N3O4. The first-order valence-corrected chi connectivity index (χ1v) is 13.9. The summed E-state index contributed by atoms with van der Waals surface area (Å²) < 4.78 is 5.43. The largest absolute Gasteiger partial charge is 0.378 e. The maximum atomic E-state index is 13.7. The third-order valence-corrected chi connectivity index (χ3v) is 8.03. The van der Waals surface area contributed by atoms with Crippen LogP contribution in [-0.4, -0.2) is 59.9 Å². The molecule has 1 unspecified atom stereocenters. The summed E-state index contributed by atoms with van der Waals surface area (Å²) in [5, 5.41) is 3.15. The number of hydrogen-bond donors (Lipinski definition) is 1. The fourth-order valence-electron chi connectivity index (χ4n) is 5.64. The molecule has 2 fully saturated rings. The predicted molar refractivity (Wildman–Crippen MR) is 144 cm³/mol. The number of carbonyl (C=O) groups is 3. The molecule has 1 atom stereocenters. The van der Waals surface area contributed by atoms with Crippen molar-refractivity contribution in [2.24, 2.45) is 5.92 Å². The molecule has 0 aromatic heterocycles. The molecule has 1 saturated carbocycles. The second-order valence-corrected chi connectivity index (χ2v) is 11.8. The van der Waals surface area contributed by atoms with E-state index in [1.807, 2.05) is 11.8 Å². The van der Waals surface area contributed by atoms with E-state index in [0.717, 1.165) is 31.2 Å². The first kappa shape index (κ1) is 27.4. The molecule has 2 heterocycles. The highest BCUT2D eigenvalue weighted by Crippen LogP contribution is 2.33. The van der Waals surface area contributed by atoms with Gasteiger partial charge >= 0.3 is 0 Å². The number of nitrogens with zero attached hydrogens (tertiary/aromatic N) is 2. The average Bonchev–Trinajstić information content (AvgIpc) is 2.88. The Morgan fingerprint density at radius 3 is 2.30 bits per heavy atom. The molecule has 4 rings (SSSR count). The first-order chi connectivity index (χ1) is 17.6. The summed E-state index contributed by atoms with van der Waals surface area (Å²) in [5.41, 5.74) is 3.62. The standard InChI is InChI=1S/C30H43N3O4/c1-21-26(29(36)32-14-16-37-17-15-32)18-23(19-27(34)31-25-8-6-5-7-9-25)28(35)33(21)20-22-10-12-24(13-11-22)30(2,3)4/h10-13,23,25H,5-9,14-20H2,1-4H3,(H,31,34). The molecule has 1 aromatic carbocycles. The van der Waals surface area contributed by atoms with E-state index in [1.165, 1.54) is 12.0 Å². The van der Waals surface area contributed by atoms with Gasteiger partial charge in [0.2, 0.25) is 11.8 Å². The van der Waals surface area contributed by atoms with E-state index < -0.39 is 5.92 Å². The van der Waals surface area contributed by atoms with Crippen LogP contribution in [0.3, 0.4) is 0 Å². The lowest BCUT2D eigenvalue weighted by atomic mass is 9.86. The molecular weight excluding hydrogens is 466 g/mol. The van der Waals surface area contributed by atoms with Crippen molar-refractivity contribution in [3.05, 3.63) is 46.7 Å². The predicted octanol–water partition coefficient (Wildman–Crippen LogP) is 4.30. The Labute approximate surface area is 221 Å². The van der Waals surface area contributed by atoms with E-state index in [4.69, 9.17) is 4.74 Å². The number of amides is 3.